The molecule has 0 atom stereocenters. The van der Waals surface area contributed by atoms with Crippen LogP contribution in [0.5, 0.6) is 0 Å². The number of nitrogens with one attached hydrogen (secondary N) is 2. The van der Waals surface area contributed by atoms with Crippen LogP contribution in [0.1, 0.15) is 30.9 Å². The fourth-order valence-corrected chi connectivity index (χ4v) is 3.45. The second-order valence-electron chi connectivity index (χ2n) is 5.29. The molecular formula is C16H22N4OS2. The molecule has 124 valence electrons. The van der Waals surface area contributed by atoms with E-state index in [9.17, 15) is 4.79 Å². The Labute approximate surface area is 145 Å². The lowest BCUT2D eigenvalue weighted by atomic mass is 10.1. The average Bonchev–Trinajstić information content (AvgIpc) is 2.97. The van der Waals surface area contributed by atoms with E-state index in [2.05, 4.69) is 53.7 Å². The van der Waals surface area contributed by atoms with Crippen LogP contribution in [0.25, 0.3) is 0 Å². The lowest BCUT2D eigenvalue weighted by molar-refractivity contribution is -0.118. The fourth-order valence-electron chi connectivity index (χ4n) is 1.84. The Morgan fingerprint density at radius 2 is 2.09 bits per heavy atom. The van der Waals surface area contributed by atoms with Gasteiger partial charge in [-0.2, -0.15) is 0 Å². The summed E-state index contributed by atoms with van der Waals surface area (Å²) >= 11 is 2.87. The summed E-state index contributed by atoms with van der Waals surface area (Å²) in [5.41, 5.74) is 3.49. The van der Waals surface area contributed by atoms with E-state index in [1.807, 2.05) is 6.07 Å². The molecule has 0 radical (unpaired) electrons. The fraction of sp³-hybridized carbons (Fsp3) is 0.438. The van der Waals surface area contributed by atoms with E-state index in [1.165, 1.54) is 34.2 Å². The minimum absolute atomic E-state index is 0.0438. The number of anilines is 2. The number of aromatic nitrogens is 2. The normalized spacial score (nSPS) is 10.6. The summed E-state index contributed by atoms with van der Waals surface area (Å²) < 4.78 is 0.793. The van der Waals surface area contributed by atoms with Gasteiger partial charge in [-0.15, -0.1) is 10.2 Å². The largest absolute Gasteiger partial charge is 0.355 e. The highest BCUT2D eigenvalue weighted by atomic mass is 32.2. The molecule has 0 spiro atoms. The zero-order chi connectivity index (χ0) is 16.7. The number of hydrogen-bond acceptors (Lipinski definition) is 6. The molecule has 1 aromatic carbocycles. The van der Waals surface area contributed by atoms with E-state index >= 15 is 0 Å². The van der Waals surface area contributed by atoms with Crippen LogP contribution < -0.4 is 10.6 Å². The van der Waals surface area contributed by atoms with E-state index in [-0.39, 0.29) is 5.91 Å². The van der Waals surface area contributed by atoms with Gasteiger partial charge in [0.2, 0.25) is 11.0 Å². The quantitative estimate of drug-likeness (QED) is 0.558. The standard InChI is InChI=1S/C16H22N4OS2/c1-4-5-8-17-14(21)10-22-16-20-19-15(23-16)18-13-7-6-11(2)12(3)9-13/h6-7,9H,4-5,8,10H2,1-3H3,(H,17,21)(H,18,19). The van der Waals surface area contributed by atoms with Crippen LogP contribution in [0.15, 0.2) is 22.5 Å². The predicted octanol–water partition coefficient (Wildman–Crippen LogP) is 3.91. The maximum absolute atomic E-state index is 11.7. The molecule has 23 heavy (non-hydrogen) atoms. The number of unbranched alkanes of at least 4 members (excludes halogenated alkanes) is 1. The molecule has 2 aromatic rings. The summed E-state index contributed by atoms with van der Waals surface area (Å²) in [5, 5.41) is 15.1. The zero-order valence-electron chi connectivity index (χ0n) is 13.7. The summed E-state index contributed by atoms with van der Waals surface area (Å²) in [4.78, 5) is 11.7. The van der Waals surface area contributed by atoms with Crippen molar-refractivity contribution >= 4 is 39.8 Å². The number of hydrogen-bond donors (Lipinski definition) is 2. The number of nitrogens with zero attached hydrogens (tertiary/aromatic N) is 2. The second kappa shape index (κ2) is 8.88. The minimum Gasteiger partial charge on any atom is -0.355 e. The first kappa shape index (κ1) is 17.7. The van der Waals surface area contributed by atoms with Crippen molar-refractivity contribution in [2.45, 2.75) is 38.0 Å². The molecule has 5 nitrogen and oxygen atoms in total. The minimum atomic E-state index is 0.0438. The van der Waals surface area contributed by atoms with Crippen LogP contribution in [0.3, 0.4) is 0 Å². The number of aryl methyl sites for hydroxylation is 2. The molecule has 7 heteroatoms. The third-order valence-electron chi connectivity index (χ3n) is 3.34. The molecule has 0 saturated carbocycles. The molecular weight excluding hydrogens is 328 g/mol. The summed E-state index contributed by atoms with van der Waals surface area (Å²) in [5.74, 6) is 0.421. The highest BCUT2D eigenvalue weighted by Crippen LogP contribution is 2.28. The average molecular weight is 351 g/mol. The number of thioether (sulfide) groups is 1. The van der Waals surface area contributed by atoms with Crippen molar-refractivity contribution in [1.82, 2.24) is 15.5 Å². The summed E-state index contributed by atoms with van der Waals surface area (Å²) in [7, 11) is 0. The SMILES string of the molecule is CCCCNC(=O)CSc1nnc(Nc2ccc(C)c(C)c2)s1. The predicted molar refractivity (Wildman–Crippen MR) is 97.7 cm³/mol. The Hall–Kier alpha value is -1.60. The summed E-state index contributed by atoms with van der Waals surface area (Å²) in [6.45, 7) is 7.02. The number of carbonyl (C=O) groups excluding carboxylic acids is 1. The van der Waals surface area contributed by atoms with E-state index in [4.69, 9.17) is 0 Å². The van der Waals surface area contributed by atoms with E-state index in [1.54, 1.807) is 0 Å². The topological polar surface area (TPSA) is 66.9 Å². The Morgan fingerprint density at radius 3 is 2.83 bits per heavy atom. The van der Waals surface area contributed by atoms with Crippen LogP contribution in [-0.2, 0) is 4.79 Å². The van der Waals surface area contributed by atoms with Crippen LogP contribution in [0.4, 0.5) is 10.8 Å². The third kappa shape index (κ3) is 5.84. The molecule has 0 fully saturated rings. The maximum Gasteiger partial charge on any atom is 0.230 e. The lowest BCUT2D eigenvalue weighted by Gasteiger charge is -2.05. The van der Waals surface area contributed by atoms with Gasteiger partial charge in [-0.3, -0.25) is 4.79 Å². The molecule has 2 rings (SSSR count). The molecule has 2 N–H and O–H groups in total. The second-order valence-corrected chi connectivity index (χ2v) is 7.49. The third-order valence-corrected chi connectivity index (χ3v) is 5.32. The van der Waals surface area contributed by atoms with E-state index < -0.39 is 0 Å². The number of rotatable bonds is 8. The first-order chi connectivity index (χ1) is 11.1. The van der Waals surface area contributed by atoms with Crippen molar-refractivity contribution in [3.8, 4) is 0 Å². The van der Waals surface area contributed by atoms with Crippen LogP contribution in [-0.4, -0.2) is 28.4 Å². The van der Waals surface area contributed by atoms with Gasteiger partial charge in [-0.25, -0.2) is 0 Å². The molecule has 1 heterocycles. The number of carbonyl (C=O) groups is 1. The molecule has 0 unspecified atom stereocenters. The first-order valence-electron chi connectivity index (χ1n) is 7.65. The van der Waals surface area contributed by atoms with Crippen molar-refractivity contribution in [3.05, 3.63) is 29.3 Å². The molecule has 0 aliphatic rings. The van der Waals surface area contributed by atoms with Gasteiger partial charge in [0.15, 0.2) is 4.34 Å². The highest BCUT2D eigenvalue weighted by molar-refractivity contribution is 8.01. The molecule has 0 aliphatic carbocycles. The lowest BCUT2D eigenvalue weighted by Crippen LogP contribution is -2.25. The van der Waals surface area contributed by atoms with E-state index in [0.717, 1.165) is 34.5 Å². The van der Waals surface area contributed by atoms with Crippen LogP contribution in [0, 0.1) is 13.8 Å². The van der Waals surface area contributed by atoms with Crippen molar-refractivity contribution in [1.29, 1.82) is 0 Å². The molecule has 0 saturated heterocycles. The van der Waals surface area contributed by atoms with Gasteiger partial charge in [0.25, 0.3) is 0 Å². The highest BCUT2D eigenvalue weighted by Gasteiger charge is 2.08. The van der Waals surface area contributed by atoms with Gasteiger partial charge in [0, 0.05) is 12.2 Å². The first-order valence-corrected chi connectivity index (χ1v) is 9.46. The zero-order valence-corrected chi connectivity index (χ0v) is 15.3. The van der Waals surface area contributed by atoms with Crippen molar-refractivity contribution in [2.75, 3.05) is 17.6 Å². The van der Waals surface area contributed by atoms with Gasteiger partial charge < -0.3 is 10.6 Å². The Morgan fingerprint density at radius 1 is 1.26 bits per heavy atom. The molecule has 1 amide bonds. The smallest absolute Gasteiger partial charge is 0.230 e. The Balaban J connectivity index is 1.83. The van der Waals surface area contributed by atoms with Crippen LogP contribution >= 0.6 is 23.1 Å². The Bertz CT molecular complexity index is 657. The number of benzene rings is 1. The van der Waals surface area contributed by atoms with E-state index in [0.29, 0.717) is 5.75 Å². The van der Waals surface area contributed by atoms with Gasteiger partial charge >= 0.3 is 0 Å². The van der Waals surface area contributed by atoms with Gasteiger partial charge in [-0.05, 0) is 43.5 Å². The maximum atomic E-state index is 11.7. The summed E-state index contributed by atoms with van der Waals surface area (Å²) in [6, 6.07) is 6.19. The van der Waals surface area contributed by atoms with Gasteiger partial charge in [-0.1, -0.05) is 42.5 Å². The van der Waals surface area contributed by atoms with Crippen molar-refractivity contribution in [3.63, 3.8) is 0 Å². The van der Waals surface area contributed by atoms with Crippen molar-refractivity contribution in [2.24, 2.45) is 0 Å². The molecule has 0 aliphatic heterocycles. The number of amides is 1. The molecule has 0 bridgehead atoms. The van der Waals surface area contributed by atoms with Gasteiger partial charge in [0.1, 0.15) is 0 Å². The van der Waals surface area contributed by atoms with Crippen LogP contribution in [0.2, 0.25) is 0 Å². The van der Waals surface area contributed by atoms with Crippen molar-refractivity contribution < 1.29 is 4.79 Å². The molecule has 1 aromatic heterocycles. The summed E-state index contributed by atoms with van der Waals surface area (Å²) in [6.07, 6.45) is 2.09. The van der Waals surface area contributed by atoms with Gasteiger partial charge in [0.05, 0.1) is 5.75 Å². The monoisotopic (exact) mass is 350 g/mol. The Kier molecular flexibility index (Phi) is 6.85.